The van der Waals surface area contributed by atoms with E-state index in [-0.39, 0.29) is 70.6 Å². The molecule has 2 heterocycles. The summed E-state index contributed by atoms with van der Waals surface area (Å²) >= 11 is 0. The van der Waals surface area contributed by atoms with Crippen LogP contribution in [0.5, 0.6) is 0 Å². The van der Waals surface area contributed by atoms with E-state index in [1.54, 1.807) is 0 Å². The van der Waals surface area contributed by atoms with Crippen LogP contribution in [0.1, 0.15) is 70.6 Å². The van der Waals surface area contributed by atoms with E-state index >= 15 is 0 Å². The average Bonchev–Trinajstić information content (AvgIpc) is 3.09. The van der Waals surface area contributed by atoms with Crippen LogP contribution in [0.3, 0.4) is 0 Å². The summed E-state index contributed by atoms with van der Waals surface area (Å²) in [6.07, 6.45) is -8.96. The molecule has 4 rings (SSSR count). The fourth-order valence-electron chi connectivity index (χ4n) is 8.17. The van der Waals surface area contributed by atoms with Crippen molar-refractivity contribution in [2.45, 2.75) is 180 Å². The summed E-state index contributed by atoms with van der Waals surface area (Å²) in [5.74, 6) is -0.905. The number of aliphatic hydroxyl groups excluding tert-OH is 8. The molecular formula is C35H66N6O14. The van der Waals surface area contributed by atoms with E-state index in [4.69, 9.17) is 41.9 Å². The quantitative estimate of drug-likeness (QED) is 0.0614. The lowest BCUT2D eigenvalue weighted by atomic mass is 9.85. The number of amides is 2. The van der Waals surface area contributed by atoms with Gasteiger partial charge in [-0.05, 0) is 70.6 Å². The van der Waals surface area contributed by atoms with Gasteiger partial charge in [0, 0.05) is 37.3 Å². The van der Waals surface area contributed by atoms with Crippen LogP contribution in [-0.4, -0.2) is 189 Å². The molecule has 2 saturated heterocycles. The lowest BCUT2D eigenvalue weighted by molar-refractivity contribution is -0.146. The summed E-state index contributed by atoms with van der Waals surface area (Å²) in [6.45, 7) is -0.318. The van der Waals surface area contributed by atoms with Gasteiger partial charge in [-0.25, -0.2) is 0 Å². The second kappa shape index (κ2) is 21.9. The van der Waals surface area contributed by atoms with Crippen LogP contribution >= 0.6 is 0 Å². The maximum atomic E-state index is 12.4. The van der Waals surface area contributed by atoms with Gasteiger partial charge >= 0.3 is 0 Å². The molecule has 0 aromatic carbocycles. The third-order valence-electron chi connectivity index (χ3n) is 11.1. The summed E-state index contributed by atoms with van der Waals surface area (Å²) in [7, 11) is 0. The van der Waals surface area contributed by atoms with Crippen molar-refractivity contribution in [2.75, 3.05) is 26.3 Å². The van der Waals surface area contributed by atoms with Crippen molar-refractivity contribution in [3.05, 3.63) is 0 Å². The number of hydrogen-bond acceptors (Lipinski definition) is 18. The van der Waals surface area contributed by atoms with Crippen molar-refractivity contribution in [1.29, 1.82) is 0 Å². The van der Waals surface area contributed by atoms with Crippen molar-refractivity contribution in [1.82, 2.24) is 10.6 Å². The summed E-state index contributed by atoms with van der Waals surface area (Å²) in [5.41, 5.74) is 23.5. The van der Waals surface area contributed by atoms with E-state index in [0.717, 1.165) is 0 Å². The highest BCUT2D eigenvalue weighted by Gasteiger charge is 2.43. The molecule has 2 aliphatic heterocycles. The number of nitrogens with one attached hydrogen (secondary N) is 2. The van der Waals surface area contributed by atoms with Crippen LogP contribution in [0.15, 0.2) is 0 Å². The molecule has 2 saturated carbocycles. The lowest BCUT2D eigenvalue weighted by Crippen LogP contribution is -2.62. The molecular weight excluding hydrogens is 728 g/mol. The normalized spacial score (nSPS) is 40.9. The predicted molar refractivity (Wildman–Crippen MR) is 194 cm³/mol. The van der Waals surface area contributed by atoms with Crippen LogP contribution in [0, 0.1) is 0 Å². The van der Waals surface area contributed by atoms with Crippen molar-refractivity contribution < 1.29 is 69.4 Å². The molecule has 0 spiro atoms. The molecule has 4 fully saturated rings. The van der Waals surface area contributed by atoms with Crippen LogP contribution < -0.4 is 33.6 Å². The number of carbonyl (C=O) groups excluding carboxylic acids is 2. The van der Waals surface area contributed by atoms with Crippen molar-refractivity contribution in [2.24, 2.45) is 22.9 Å². The molecule has 0 unspecified atom stereocenters. The summed E-state index contributed by atoms with van der Waals surface area (Å²) < 4.78 is 23.1. The first-order valence-electron chi connectivity index (χ1n) is 19.5. The minimum Gasteiger partial charge on any atom is -0.393 e. The standard InChI is InChI=1S/C35H66N6O14/c36-24-12-26(38)34(32(50)30(24)48)52-14-28(46)40-3-1-20-6-18(44)10-22(54-20)8-16(42)5-17(43)9-23-11-19(45)7-21(55-23)2-4-41-29(47)15-53-35-27(39)13-25(37)31(49)33(35)51/h16-27,30-35,42-45,48-51H,1-15,36-39H2,(H,40,46)(H,41,47)/t16-,17+,18-,19-,20+,21+,22-,23-,24+,25+,26-,27-,30-,31-,32+,33+,34+,35+/m1/s1. The summed E-state index contributed by atoms with van der Waals surface area (Å²) in [5, 5.41) is 88.3. The monoisotopic (exact) mass is 794 g/mol. The lowest BCUT2D eigenvalue weighted by Gasteiger charge is -2.39. The number of hydrogen-bond donors (Lipinski definition) is 14. The molecule has 18 atom stereocenters. The van der Waals surface area contributed by atoms with Crippen LogP contribution in [-0.2, 0) is 28.5 Å². The molecule has 0 aromatic heterocycles. The number of aliphatic hydroxyl groups is 8. The highest BCUT2D eigenvalue weighted by molar-refractivity contribution is 5.77. The molecule has 320 valence electrons. The third-order valence-corrected chi connectivity index (χ3v) is 11.1. The minimum absolute atomic E-state index is 0.0258. The van der Waals surface area contributed by atoms with Gasteiger partial charge in [0.2, 0.25) is 11.8 Å². The van der Waals surface area contributed by atoms with E-state index in [2.05, 4.69) is 10.6 Å². The van der Waals surface area contributed by atoms with Crippen LogP contribution in [0.4, 0.5) is 0 Å². The maximum Gasteiger partial charge on any atom is 0.246 e. The van der Waals surface area contributed by atoms with E-state index in [0.29, 0.717) is 38.5 Å². The Morgan fingerprint density at radius 1 is 0.564 bits per heavy atom. The zero-order valence-corrected chi connectivity index (χ0v) is 31.3. The Labute approximate surface area is 321 Å². The Morgan fingerprint density at radius 2 is 0.927 bits per heavy atom. The highest BCUT2D eigenvalue weighted by atomic mass is 16.5. The Hall–Kier alpha value is -1.70. The predicted octanol–water partition coefficient (Wildman–Crippen LogP) is -5.96. The zero-order chi connectivity index (χ0) is 40.4. The Bertz CT molecular complexity index is 1100. The largest absolute Gasteiger partial charge is 0.393 e. The summed E-state index contributed by atoms with van der Waals surface area (Å²) in [6, 6.07) is -2.64. The minimum atomic E-state index is -1.31. The van der Waals surface area contributed by atoms with Gasteiger partial charge in [0.25, 0.3) is 0 Å². The molecule has 2 aliphatic carbocycles. The van der Waals surface area contributed by atoms with Crippen molar-refractivity contribution in [3.8, 4) is 0 Å². The number of carbonyl (C=O) groups is 2. The second-order valence-electron chi connectivity index (χ2n) is 15.9. The summed E-state index contributed by atoms with van der Waals surface area (Å²) in [4.78, 5) is 24.7. The van der Waals surface area contributed by atoms with E-state index in [1.807, 2.05) is 0 Å². The van der Waals surface area contributed by atoms with Gasteiger partial charge < -0.3 is 93.4 Å². The van der Waals surface area contributed by atoms with Crippen LogP contribution in [0.25, 0.3) is 0 Å². The maximum absolute atomic E-state index is 12.4. The van der Waals surface area contributed by atoms with Gasteiger partial charge in [0.15, 0.2) is 0 Å². The molecule has 2 amide bonds. The first-order valence-corrected chi connectivity index (χ1v) is 19.5. The highest BCUT2D eigenvalue weighted by Crippen LogP contribution is 2.28. The van der Waals surface area contributed by atoms with Gasteiger partial charge in [-0.15, -0.1) is 0 Å². The zero-order valence-electron chi connectivity index (χ0n) is 31.3. The molecule has 20 nitrogen and oxygen atoms in total. The van der Waals surface area contributed by atoms with E-state index < -0.39 is 109 Å². The molecule has 18 N–H and O–H groups in total. The molecule has 55 heavy (non-hydrogen) atoms. The van der Waals surface area contributed by atoms with Crippen molar-refractivity contribution >= 4 is 11.8 Å². The first kappa shape index (κ1) is 46.0. The van der Waals surface area contributed by atoms with E-state index in [1.165, 1.54) is 0 Å². The Morgan fingerprint density at radius 3 is 1.31 bits per heavy atom. The van der Waals surface area contributed by atoms with Crippen LogP contribution in [0.2, 0.25) is 0 Å². The van der Waals surface area contributed by atoms with Gasteiger partial charge in [-0.1, -0.05) is 0 Å². The topological polar surface area (TPSA) is 361 Å². The average molecular weight is 795 g/mol. The van der Waals surface area contributed by atoms with Crippen molar-refractivity contribution in [3.63, 3.8) is 0 Å². The Kier molecular flexibility index (Phi) is 18.3. The van der Waals surface area contributed by atoms with E-state index in [9.17, 15) is 50.4 Å². The molecule has 0 radical (unpaired) electrons. The Balaban J connectivity index is 1.10. The SMILES string of the molecule is N[C@@H]1C[C@H](N)[C@@H](O)[C@H](O)[C@H]1OCC(=O)NCC[C@H]1C[C@@H](O)C[C@@H](C[C@H](O)C[C@H](O)C[C@@H]2C[C@H](O)C[C@H](CCNC(=O)CO[C@@H]3[C@@H](O)[C@H](O)[C@@H](N)C[C@H]3N)O2)O1. The number of ether oxygens (including phenoxy) is 4. The molecule has 20 heteroatoms. The smallest absolute Gasteiger partial charge is 0.246 e. The number of nitrogens with two attached hydrogens (primary N) is 4. The van der Waals surface area contributed by atoms with Gasteiger partial charge in [-0.3, -0.25) is 9.59 Å². The molecule has 0 bridgehead atoms. The second-order valence-corrected chi connectivity index (χ2v) is 15.9. The van der Waals surface area contributed by atoms with Gasteiger partial charge in [-0.2, -0.15) is 0 Å². The fourth-order valence-corrected chi connectivity index (χ4v) is 8.17. The third kappa shape index (κ3) is 14.3. The fraction of sp³-hybridized carbons (Fsp3) is 0.943. The molecule has 4 aliphatic rings. The van der Waals surface area contributed by atoms with Gasteiger partial charge in [0.1, 0.15) is 37.6 Å². The number of rotatable bonds is 18. The molecule has 0 aromatic rings. The van der Waals surface area contributed by atoms with Gasteiger partial charge in [0.05, 0.1) is 61.0 Å². The first-order chi connectivity index (χ1) is 26.0.